The summed E-state index contributed by atoms with van der Waals surface area (Å²) >= 11 is 11.2. The van der Waals surface area contributed by atoms with Crippen molar-refractivity contribution in [1.29, 1.82) is 0 Å². The van der Waals surface area contributed by atoms with E-state index in [2.05, 4.69) is 0 Å². The van der Waals surface area contributed by atoms with Gasteiger partial charge in [-0.2, -0.15) is 0 Å². The summed E-state index contributed by atoms with van der Waals surface area (Å²) < 4.78 is 4.81. The van der Waals surface area contributed by atoms with E-state index in [4.69, 9.17) is 27.9 Å². The summed E-state index contributed by atoms with van der Waals surface area (Å²) in [7, 11) is 1.41. The maximum absolute atomic E-state index is 11.1. The van der Waals surface area contributed by atoms with E-state index in [0.717, 1.165) is 0 Å². The second kappa shape index (κ2) is 3.39. The fraction of sp³-hybridized carbons (Fsp3) is 0.286. The maximum atomic E-state index is 11.1. The molecule has 11 heavy (non-hydrogen) atoms. The monoisotopic (exact) mass is 192 g/mol. The molecule has 0 aromatic carbocycles. The second-order valence-corrected chi connectivity index (χ2v) is 2.89. The van der Waals surface area contributed by atoms with Gasteiger partial charge in [0.1, 0.15) is 0 Å². The molecule has 0 aromatic heterocycles. The van der Waals surface area contributed by atoms with Crippen LogP contribution in [0.3, 0.4) is 0 Å². The van der Waals surface area contributed by atoms with Crippen LogP contribution in [-0.2, 0) is 9.53 Å². The predicted molar refractivity (Wildman–Crippen MR) is 43.7 cm³/mol. The average Bonchev–Trinajstić information content (AvgIpc) is 1.99. The highest BCUT2D eigenvalue weighted by atomic mass is 35.5. The minimum absolute atomic E-state index is 0.154. The van der Waals surface area contributed by atoms with E-state index in [1.165, 1.54) is 13.2 Å². The summed E-state index contributed by atoms with van der Waals surface area (Å²) in [6.07, 6.45) is 2.30. The molecule has 4 heteroatoms. The molecule has 2 nitrogen and oxygen atoms in total. The Morgan fingerprint density at radius 3 is 2.55 bits per heavy atom. The first-order valence-corrected chi connectivity index (χ1v) is 3.72. The Bertz CT molecular complexity index is 241. The molecular weight excluding hydrogens is 187 g/mol. The van der Waals surface area contributed by atoms with Crippen LogP contribution in [0.1, 0.15) is 0 Å². The van der Waals surface area contributed by atoms with E-state index >= 15 is 0 Å². The third kappa shape index (κ3) is 1.64. The van der Waals surface area contributed by atoms with Gasteiger partial charge in [-0.05, 0) is 12.2 Å². The second-order valence-electron chi connectivity index (χ2n) is 2.05. The summed E-state index contributed by atoms with van der Waals surface area (Å²) in [5.41, 5.74) is 0. The topological polar surface area (TPSA) is 26.3 Å². The number of ether oxygens (including phenoxy) is 1. The third-order valence-corrected chi connectivity index (χ3v) is 1.99. The molecule has 0 amide bonds. The number of Topliss-reactive ketones (excluding diaryl/α,β-unsaturated/α-hetero) is 1. The number of allylic oxidation sites excluding steroid dienone is 2. The number of carbonyl (C=O) groups excluding carboxylic acids is 1. The van der Waals surface area contributed by atoms with Crippen LogP contribution in [0.4, 0.5) is 0 Å². The van der Waals surface area contributed by atoms with Gasteiger partial charge in [0.25, 0.3) is 0 Å². The lowest BCUT2D eigenvalue weighted by molar-refractivity contribution is -0.122. The van der Waals surface area contributed by atoms with Gasteiger partial charge in [-0.15, -0.1) is 0 Å². The van der Waals surface area contributed by atoms with Crippen molar-refractivity contribution >= 4 is 29.0 Å². The van der Waals surface area contributed by atoms with Crippen LogP contribution in [0, 0.1) is 0 Å². The van der Waals surface area contributed by atoms with Crippen molar-refractivity contribution in [2.75, 3.05) is 7.11 Å². The molecule has 0 spiro atoms. The molecule has 0 aliphatic heterocycles. The van der Waals surface area contributed by atoms with Crippen LogP contribution in [0.25, 0.3) is 0 Å². The molecule has 0 bridgehead atoms. The van der Waals surface area contributed by atoms with Gasteiger partial charge in [0.15, 0.2) is 6.10 Å². The molecule has 1 aliphatic rings. The molecule has 0 radical (unpaired) electrons. The van der Waals surface area contributed by atoms with Crippen molar-refractivity contribution in [3.63, 3.8) is 0 Å². The van der Waals surface area contributed by atoms with E-state index in [0.29, 0.717) is 5.03 Å². The number of rotatable bonds is 1. The summed E-state index contributed by atoms with van der Waals surface area (Å²) in [4.78, 5) is 11.1. The lowest BCUT2D eigenvalue weighted by Gasteiger charge is -2.15. The van der Waals surface area contributed by atoms with Crippen molar-refractivity contribution in [2.24, 2.45) is 0 Å². The Morgan fingerprint density at radius 2 is 2.09 bits per heavy atom. The zero-order chi connectivity index (χ0) is 8.43. The molecule has 1 unspecified atom stereocenters. The normalized spacial score (nSPS) is 24.6. The molecule has 0 fully saturated rings. The van der Waals surface area contributed by atoms with Crippen molar-refractivity contribution in [3.05, 3.63) is 22.2 Å². The van der Waals surface area contributed by atoms with Crippen LogP contribution in [0.15, 0.2) is 22.2 Å². The van der Waals surface area contributed by atoms with Gasteiger partial charge in [0, 0.05) is 7.11 Å². The van der Waals surface area contributed by atoms with Gasteiger partial charge in [0.05, 0.1) is 10.1 Å². The van der Waals surface area contributed by atoms with Crippen molar-refractivity contribution in [2.45, 2.75) is 6.10 Å². The molecule has 0 heterocycles. The molecule has 1 aliphatic carbocycles. The SMILES string of the molecule is COC1C(=O)C(Cl)=CC=C1Cl. The average molecular weight is 193 g/mol. The number of hydrogen-bond acceptors (Lipinski definition) is 2. The first-order chi connectivity index (χ1) is 5.16. The first kappa shape index (κ1) is 8.78. The first-order valence-electron chi connectivity index (χ1n) is 2.96. The van der Waals surface area contributed by atoms with E-state index in [1.807, 2.05) is 0 Å². The van der Waals surface area contributed by atoms with Gasteiger partial charge in [0.2, 0.25) is 5.78 Å². The fourth-order valence-electron chi connectivity index (χ4n) is 0.792. The van der Waals surface area contributed by atoms with E-state index < -0.39 is 6.10 Å². The largest absolute Gasteiger partial charge is 0.368 e. The smallest absolute Gasteiger partial charge is 0.208 e. The molecule has 0 aromatic rings. The summed E-state index contributed by atoms with van der Waals surface area (Å²) in [6.45, 7) is 0. The summed E-state index contributed by atoms with van der Waals surface area (Å²) in [5.74, 6) is -0.290. The van der Waals surface area contributed by atoms with Crippen LogP contribution in [-0.4, -0.2) is 19.0 Å². The molecule has 1 rings (SSSR count). The molecule has 60 valence electrons. The Labute approximate surface area is 74.4 Å². The highest BCUT2D eigenvalue weighted by molar-refractivity contribution is 6.45. The Balaban J connectivity index is 2.93. The van der Waals surface area contributed by atoms with Crippen LogP contribution in [0.2, 0.25) is 0 Å². The quantitative estimate of drug-likeness (QED) is 0.634. The van der Waals surface area contributed by atoms with Crippen LogP contribution >= 0.6 is 23.2 Å². The van der Waals surface area contributed by atoms with Crippen molar-refractivity contribution < 1.29 is 9.53 Å². The Morgan fingerprint density at radius 1 is 1.45 bits per heavy atom. The standard InChI is InChI=1S/C7H6Cl2O2/c1-11-7-5(9)3-2-4(8)6(7)10/h2-3,7H,1H3. The fourth-order valence-corrected chi connectivity index (χ4v) is 1.21. The summed E-state index contributed by atoms with van der Waals surface area (Å²) in [5, 5.41) is 0.517. The number of methoxy groups -OCH3 is 1. The highest BCUT2D eigenvalue weighted by Crippen LogP contribution is 2.22. The van der Waals surface area contributed by atoms with Crippen LogP contribution < -0.4 is 0 Å². The lowest BCUT2D eigenvalue weighted by Crippen LogP contribution is -2.25. The molecular formula is C7H6Cl2O2. The zero-order valence-corrected chi connectivity index (χ0v) is 7.32. The van der Waals surface area contributed by atoms with Crippen molar-refractivity contribution in [3.8, 4) is 0 Å². The molecule has 0 saturated heterocycles. The number of hydrogen-bond donors (Lipinski definition) is 0. The number of halogens is 2. The Kier molecular flexibility index (Phi) is 2.71. The third-order valence-electron chi connectivity index (χ3n) is 1.35. The minimum Gasteiger partial charge on any atom is -0.368 e. The molecule has 0 saturated carbocycles. The van der Waals surface area contributed by atoms with Crippen LogP contribution in [0.5, 0.6) is 0 Å². The van der Waals surface area contributed by atoms with Crippen molar-refractivity contribution in [1.82, 2.24) is 0 Å². The van der Waals surface area contributed by atoms with Gasteiger partial charge >= 0.3 is 0 Å². The van der Waals surface area contributed by atoms with E-state index in [1.54, 1.807) is 6.08 Å². The summed E-state index contributed by atoms with van der Waals surface area (Å²) in [6, 6.07) is 0. The maximum Gasteiger partial charge on any atom is 0.208 e. The number of ketones is 1. The Hall–Kier alpha value is -0.310. The van der Waals surface area contributed by atoms with Gasteiger partial charge in [-0.25, -0.2) is 0 Å². The molecule has 0 N–H and O–H groups in total. The van der Waals surface area contributed by atoms with E-state index in [9.17, 15) is 4.79 Å². The highest BCUT2D eigenvalue weighted by Gasteiger charge is 2.26. The lowest BCUT2D eigenvalue weighted by atomic mass is 10.1. The molecule has 1 atom stereocenters. The van der Waals surface area contributed by atoms with Gasteiger partial charge in [-0.3, -0.25) is 4.79 Å². The predicted octanol–water partition coefficient (Wildman–Crippen LogP) is 1.83. The van der Waals surface area contributed by atoms with E-state index in [-0.39, 0.29) is 10.8 Å². The van der Waals surface area contributed by atoms with Gasteiger partial charge in [-0.1, -0.05) is 23.2 Å². The minimum atomic E-state index is -0.714. The number of carbonyl (C=O) groups is 1. The zero-order valence-electron chi connectivity index (χ0n) is 5.80. The van der Waals surface area contributed by atoms with Gasteiger partial charge < -0.3 is 4.74 Å².